The van der Waals surface area contributed by atoms with Crippen molar-refractivity contribution >= 4 is 46.4 Å². The van der Waals surface area contributed by atoms with Crippen molar-refractivity contribution in [3.05, 3.63) is 28.0 Å². The monoisotopic (exact) mass is 351 g/mol. The molecule has 2 heterocycles. The number of aromatic nitrogens is 2. The van der Waals surface area contributed by atoms with E-state index in [-0.39, 0.29) is 28.6 Å². The second-order valence-electron chi connectivity index (χ2n) is 4.80. The molecule has 2 aromatic heterocycles. The molecular formula is C14H17N5O2S2. The van der Waals surface area contributed by atoms with Gasteiger partial charge in [0.1, 0.15) is 11.6 Å². The molecule has 0 saturated heterocycles. The molecule has 7 nitrogen and oxygen atoms in total. The first kappa shape index (κ1) is 17.2. The third kappa shape index (κ3) is 4.93. The summed E-state index contributed by atoms with van der Waals surface area (Å²) in [6, 6.07) is 5.06. The Hall–Kier alpha value is -2.13. The van der Waals surface area contributed by atoms with E-state index in [2.05, 4.69) is 15.3 Å². The second-order valence-corrected chi connectivity index (χ2v) is 7.28. The number of hydrogen-bond acceptors (Lipinski definition) is 8. The highest BCUT2D eigenvalue weighted by Crippen LogP contribution is 2.27. The fraction of sp³-hybridized carbons (Fsp3) is 0.286. The molecule has 5 N–H and O–H groups in total. The Morgan fingerprint density at radius 2 is 1.96 bits per heavy atom. The predicted octanol–water partition coefficient (Wildman–Crippen LogP) is 1.70. The molecule has 1 amide bonds. The van der Waals surface area contributed by atoms with Gasteiger partial charge in [-0.25, -0.2) is 9.97 Å². The van der Waals surface area contributed by atoms with Crippen LogP contribution in [0.5, 0.6) is 0 Å². The SMILES string of the molecule is CC(=O)NCc1ccc(C(=O)[C@@H](C)Sc2nc(N)cc(N)n2)s1. The van der Waals surface area contributed by atoms with Crippen molar-refractivity contribution in [3.8, 4) is 0 Å². The number of carbonyl (C=O) groups is 2. The second kappa shape index (κ2) is 7.42. The predicted molar refractivity (Wildman–Crippen MR) is 92.3 cm³/mol. The molecule has 9 heteroatoms. The standard InChI is InChI=1S/C14H17N5O2S2/c1-7(22-14-18-11(15)5-12(16)19-14)13(21)10-4-3-9(23-10)6-17-8(2)20/h3-5,7H,6H2,1-2H3,(H,17,20)(H4,15,16,18,19)/t7-/m1/s1. The van der Waals surface area contributed by atoms with Crippen LogP contribution in [0.1, 0.15) is 28.4 Å². The lowest BCUT2D eigenvalue weighted by Gasteiger charge is -2.08. The molecule has 2 aromatic rings. The summed E-state index contributed by atoms with van der Waals surface area (Å²) >= 11 is 2.57. The molecule has 2 rings (SSSR count). The molecule has 122 valence electrons. The summed E-state index contributed by atoms with van der Waals surface area (Å²) in [5.74, 6) is 0.409. The van der Waals surface area contributed by atoms with Gasteiger partial charge >= 0.3 is 0 Å². The fourth-order valence-corrected chi connectivity index (χ4v) is 3.66. The maximum Gasteiger partial charge on any atom is 0.217 e. The third-order valence-corrected chi connectivity index (χ3v) is 4.87. The van der Waals surface area contributed by atoms with E-state index in [0.29, 0.717) is 16.6 Å². The van der Waals surface area contributed by atoms with Crippen molar-refractivity contribution in [3.63, 3.8) is 0 Å². The van der Waals surface area contributed by atoms with Crippen LogP contribution in [0.2, 0.25) is 0 Å². The van der Waals surface area contributed by atoms with Gasteiger partial charge in [0.15, 0.2) is 10.9 Å². The summed E-state index contributed by atoms with van der Waals surface area (Å²) in [6.45, 7) is 3.66. The van der Waals surface area contributed by atoms with Crippen molar-refractivity contribution in [2.75, 3.05) is 11.5 Å². The Labute approximate surface area is 141 Å². The Bertz CT molecular complexity index is 711. The Kier molecular flexibility index (Phi) is 5.56. The lowest BCUT2D eigenvalue weighted by molar-refractivity contribution is -0.119. The van der Waals surface area contributed by atoms with Crippen molar-refractivity contribution < 1.29 is 9.59 Å². The maximum atomic E-state index is 12.5. The van der Waals surface area contributed by atoms with Gasteiger partial charge in [0.2, 0.25) is 5.91 Å². The van der Waals surface area contributed by atoms with E-state index in [4.69, 9.17) is 11.5 Å². The molecule has 1 atom stereocenters. The minimum atomic E-state index is -0.372. The zero-order chi connectivity index (χ0) is 17.0. The van der Waals surface area contributed by atoms with Gasteiger partial charge < -0.3 is 16.8 Å². The van der Waals surface area contributed by atoms with Crippen LogP contribution in [-0.4, -0.2) is 26.9 Å². The molecule has 0 saturated carbocycles. The van der Waals surface area contributed by atoms with Crippen LogP contribution in [0.15, 0.2) is 23.4 Å². The van der Waals surface area contributed by atoms with Crippen LogP contribution in [0.3, 0.4) is 0 Å². The van der Waals surface area contributed by atoms with E-state index >= 15 is 0 Å². The van der Waals surface area contributed by atoms with E-state index in [9.17, 15) is 9.59 Å². The van der Waals surface area contributed by atoms with E-state index in [1.165, 1.54) is 36.1 Å². The van der Waals surface area contributed by atoms with E-state index in [1.807, 2.05) is 6.07 Å². The summed E-state index contributed by atoms with van der Waals surface area (Å²) in [5.41, 5.74) is 11.2. The number of nitrogens with one attached hydrogen (secondary N) is 1. The molecule has 23 heavy (non-hydrogen) atoms. The van der Waals surface area contributed by atoms with Crippen LogP contribution in [-0.2, 0) is 11.3 Å². The van der Waals surface area contributed by atoms with Gasteiger partial charge in [-0.05, 0) is 19.1 Å². The quantitative estimate of drug-likeness (QED) is 0.411. The lowest BCUT2D eigenvalue weighted by atomic mass is 10.2. The van der Waals surface area contributed by atoms with Crippen LogP contribution in [0.25, 0.3) is 0 Å². The number of nitrogens with two attached hydrogens (primary N) is 2. The van der Waals surface area contributed by atoms with Gasteiger partial charge in [-0.3, -0.25) is 9.59 Å². The maximum absolute atomic E-state index is 12.5. The number of amides is 1. The minimum absolute atomic E-state index is 0.0290. The molecule has 0 bridgehead atoms. The number of nitrogen functional groups attached to an aromatic ring is 2. The van der Waals surface area contributed by atoms with Crippen molar-refractivity contribution in [2.45, 2.75) is 30.8 Å². The molecule has 0 aliphatic heterocycles. The average Bonchev–Trinajstić information content (AvgIpc) is 2.91. The first-order chi connectivity index (χ1) is 10.8. The summed E-state index contributed by atoms with van der Waals surface area (Å²) in [6.07, 6.45) is 0. The van der Waals surface area contributed by atoms with E-state index in [1.54, 1.807) is 13.0 Å². The average molecular weight is 351 g/mol. The van der Waals surface area contributed by atoms with Crippen LogP contribution in [0.4, 0.5) is 11.6 Å². The third-order valence-electron chi connectivity index (χ3n) is 2.81. The number of hydrogen-bond donors (Lipinski definition) is 3. The molecule has 0 spiro atoms. The van der Waals surface area contributed by atoms with Crippen molar-refractivity contribution in [1.29, 1.82) is 0 Å². The zero-order valence-corrected chi connectivity index (χ0v) is 14.3. The highest BCUT2D eigenvalue weighted by Gasteiger charge is 2.20. The Morgan fingerprint density at radius 3 is 2.57 bits per heavy atom. The summed E-state index contributed by atoms with van der Waals surface area (Å²) in [5, 5.41) is 2.70. The first-order valence-electron chi connectivity index (χ1n) is 6.79. The smallest absolute Gasteiger partial charge is 0.217 e. The number of thiophene rings is 1. The fourth-order valence-electron chi connectivity index (χ4n) is 1.74. The number of anilines is 2. The molecular weight excluding hydrogens is 334 g/mol. The summed E-state index contributed by atoms with van der Waals surface area (Å²) < 4.78 is 0. The zero-order valence-electron chi connectivity index (χ0n) is 12.7. The highest BCUT2D eigenvalue weighted by molar-refractivity contribution is 8.00. The lowest BCUT2D eigenvalue weighted by Crippen LogP contribution is -2.18. The summed E-state index contributed by atoms with van der Waals surface area (Å²) in [4.78, 5) is 33.0. The van der Waals surface area contributed by atoms with E-state index < -0.39 is 0 Å². The highest BCUT2D eigenvalue weighted by atomic mass is 32.2. The number of nitrogens with zero attached hydrogens (tertiary/aromatic N) is 2. The topological polar surface area (TPSA) is 124 Å². The van der Waals surface area contributed by atoms with Crippen LogP contribution in [0, 0.1) is 0 Å². The van der Waals surface area contributed by atoms with Gasteiger partial charge in [0, 0.05) is 17.9 Å². The Morgan fingerprint density at radius 1 is 1.30 bits per heavy atom. The normalized spacial score (nSPS) is 11.9. The molecule has 0 fully saturated rings. The van der Waals surface area contributed by atoms with Gasteiger partial charge in [-0.2, -0.15) is 0 Å². The number of rotatable bonds is 6. The van der Waals surface area contributed by atoms with Crippen LogP contribution < -0.4 is 16.8 Å². The Balaban J connectivity index is 2.03. The van der Waals surface area contributed by atoms with Gasteiger partial charge in [0.25, 0.3) is 0 Å². The van der Waals surface area contributed by atoms with Gasteiger partial charge in [-0.1, -0.05) is 11.8 Å². The van der Waals surface area contributed by atoms with Gasteiger partial charge in [0.05, 0.1) is 16.7 Å². The molecule has 0 aliphatic carbocycles. The summed E-state index contributed by atoms with van der Waals surface area (Å²) in [7, 11) is 0. The number of carbonyl (C=O) groups excluding carboxylic acids is 2. The first-order valence-corrected chi connectivity index (χ1v) is 8.49. The number of ketones is 1. The van der Waals surface area contributed by atoms with Gasteiger partial charge in [-0.15, -0.1) is 11.3 Å². The van der Waals surface area contributed by atoms with Crippen molar-refractivity contribution in [2.24, 2.45) is 0 Å². The number of thioether (sulfide) groups is 1. The van der Waals surface area contributed by atoms with Crippen molar-refractivity contribution in [1.82, 2.24) is 15.3 Å². The minimum Gasteiger partial charge on any atom is -0.383 e. The van der Waals surface area contributed by atoms with E-state index in [0.717, 1.165) is 4.88 Å². The molecule has 0 aliphatic rings. The largest absolute Gasteiger partial charge is 0.383 e. The molecule has 0 aromatic carbocycles. The molecule has 0 unspecified atom stereocenters. The molecule has 0 radical (unpaired) electrons. The number of Topliss-reactive ketones (excluding diaryl/α,β-unsaturated/α-hetero) is 1. The van der Waals surface area contributed by atoms with Crippen LogP contribution >= 0.6 is 23.1 Å².